The summed E-state index contributed by atoms with van der Waals surface area (Å²) < 4.78 is 37.5. The molecule has 0 saturated heterocycles. The van der Waals surface area contributed by atoms with Crippen LogP contribution in [0.3, 0.4) is 0 Å². The lowest BCUT2D eigenvalue weighted by Crippen LogP contribution is -2.41. The van der Waals surface area contributed by atoms with Gasteiger partial charge in [0.25, 0.3) is 0 Å². The second-order valence-electron chi connectivity index (χ2n) is 4.93. The average Bonchev–Trinajstić information content (AvgIpc) is 2.39. The van der Waals surface area contributed by atoms with E-state index in [0.717, 1.165) is 0 Å². The van der Waals surface area contributed by atoms with Gasteiger partial charge in [0.05, 0.1) is 17.8 Å². The Morgan fingerprint density at radius 2 is 1.95 bits per heavy atom. The van der Waals surface area contributed by atoms with Crippen LogP contribution < -0.4 is 10.6 Å². The van der Waals surface area contributed by atoms with E-state index in [0.29, 0.717) is 18.5 Å². The van der Waals surface area contributed by atoms with Crippen LogP contribution in [0.2, 0.25) is 0 Å². The van der Waals surface area contributed by atoms with Crippen LogP contribution in [0.1, 0.15) is 25.7 Å². The lowest BCUT2D eigenvalue weighted by molar-refractivity contribution is -0.182. The minimum Gasteiger partial charge on any atom is -0.335 e. The highest BCUT2D eigenvalue weighted by atomic mass is 19.4. The fourth-order valence-electron chi connectivity index (χ4n) is 2.35. The Kier molecular flexibility index (Phi) is 4.46. The number of aromatic nitrogens is 1. The molecular weight excluding hydrogens is 271 g/mol. The zero-order valence-electron chi connectivity index (χ0n) is 10.8. The van der Waals surface area contributed by atoms with Crippen LogP contribution in [0.25, 0.3) is 0 Å². The summed E-state index contributed by atoms with van der Waals surface area (Å²) in [4.78, 5) is 15.5. The molecule has 1 aliphatic carbocycles. The number of rotatable bonds is 2. The van der Waals surface area contributed by atoms with Gasteiger partial charge in [-0.25, -0.2) is 4.79 Å². The molecule has 0 unspecified atom stereocenters. The Morgan fingerprint density at radius 1 is 1.25 bits per heavy atom. The van der Waals surface area contributed by atoms with Crippen molar-refractivity contribution in [3.63, 3.8) is 0 Å². The van der Waals surface area contributed by atoms with Crippen LogP contribution >= 0.6 is 0 Å². The summed E-state index contributed by atoms with van der Waals surface area (Å²) in [6, 6.07) is 2.76. The second kappa shape index (κ2) is 6.11. The van der Waals surface area contributed by atoms with Crippen molar-refractivity contribution < 1.29 is 18.0 Å². The fourth-order valence-corrected chi connectivity index (χ4v) is 2.35. The van der Waals surface area contributed by atoms with Crippen LogP contribution in [0.4, 0.5) is 23.7 Å². The Bertz CT molecular complexity index is 442. The van der Waals surface area contributed by atoms with Gasteiger partial charge in [-0.2, -0.15) is 13.2 Å². The van der Waals surface area contributed by atoms with E-state index in [-0.39, 0.29) is 18.9 Å². The standard InChI is InChI=1S/C13H16F3N3O/c14-13(15,16)9-3-5-10(6-4-9)18-12(20)19-11-2-1-7-17-8-11/h1-2,7-10H,3-6H2,(H2,18,19,20). The molecule has 2 rings (SSSR count). The molecule has 1 heterocycles. The number of halogens is 3. The summed E-state index contributed by atoms with van der Waals surface area (Å²) in [7, 11) is 0. The molecule has 0 atom stereocenters. The van der Waals surface area contributed by atoms with Crippen LogP contribution in [0.15, 0.2) is 24.5 Å². The quantitative estimate of drug-likeness (QED) is 0.876. The van der Waals surface area contributed by atoms with Gasteiger partial charge < -0.3 is 10.6 Å². The average molecular weight is 287 g/mol. The molecule has 7 heteroatoms. The number of hydrogen-bond donors (Lipinski definition) is 2. The highest BCUT2D eigenvalue weighted by Crippen LogP contribution is 2.37. The van der Waals surface area contributed by atoms with Crippen LogP contribution in [-0.4, -0.2) is 23.2 Å². The van der Waals surface area contributed by atoms with Crippen molar-refractivity contribution in [2.45, 2.75) is 37.9 Å². The largest absolute Gasteiger partial charge is 0.391 e. The van der Waals surface area contributed by atoms with Crippen molar-refractivity contribution in [1.82, 2.24) is 10.3 Å². The van der Waals surface area contributed by atoms with Gasteiger partial charge >= 0.3 is 12.2 Å². The first kappa shape index (κ1) is 14.6. The van der Waals surface area contributed by atoms with Gasteiger partial charge in [-0.15, -0.1) is 0 Å². The van der Waals surface area contributed by atoms with Crippen LogP contribution in [0.5, 0.6) is 0 Å². The van der Waals surface area contributed by atoms with Crippen LogP contribution in [0, 0.1) is 5.92 Å². The smallest absolute Gasteiger partial charge is 0.335 e. The highest BCUT2D eigenvalue weighted by Gasteiger charge is 2.41. The third-order valence-corrected chi connectivity index (χ3v) is 3.44. The molecule has 0 aliphatic heterocycles. The number of carbonyl (C=O) groups excluding carboxylic acids is 1. The zero-order chi connectivity index (χ0) is 14.6. The van der Waals surface area contributed by atoms with Crippen molar-refractivity contribution >= 4 is 11.7 Å². The normalized spacial score (nSPS) is 23.1. The molecule has 1 aromatic heterocycles. The van der Waals surface area contributed by atoms with E-state index in [2.05, 4.69) is 15.6 Å². The molecule has 1 aromatic rings. The predicted molar refractivity (Wildman–Crippen MR) is 68.2 cm³/mol. The Balaban J connectivity index is 1.77. The van der Waals surface area contributed by atoms with E-state index in [9.17, 15) is 18.0 Å². The van der Waals surface area contributed by atoms with E-state index in [1.54, 1.807) is 18.3 Å². The number of amides is 2. The Morgan fingerprint density at radius 3 is 2.50 bits per heavy atom. The molecular formula is C13H16F3N3O. The maximum Gasteiger partial charge on any atom is 0.391 e. The first-order valence-electron chi connectivity index (χ1n) is 6.49. The summed E-state index contributed by atoms with van der Waals surface area (Å²) in [5.74, 6) is -1.23. The number of pyridine rings is 1. The Labute approximate surface area is 114 Å². The minimum atomic E-state index is -4.12. The first-order valence-corrected chi connectivity index (χ1v) is 6.49. The summed E-state index contributed by atoms with van der Waals surface area (Å²) >= 11 is 0. The number of anilines is 1. The summed E-state index contributed by atoms with van der Waals surface area (Å²) in [6.07, 6.45) is -0.192. The monoisotopic (exact) mass is 287 g/mol. The molecule has 1 saturated carbocycles. The molecule has 0 bridgehead atoms. The second-order valence-corrected chi connectivity index (χ2v) is 4.93. The van der Waals surface area contributed by atoms with E-state index in [1.807, 2.05) is 0 Å². The van der Waals surface area contributed by atoms with Gasteiger partial charge in [0.2, 0.25) is 0 Å². The predicted octanol–water partition coefficient (Wildman–Crippen LogP) is 3.32. The lowest BCUT2D eigenvalue weighted by atomic mass is 9.86. The molecule has 1 fully saturated rings. The van der Waals surface area contributed by atoms with Crippen molar-refractivity contribution in [2.75, 3.05) is 5.32 Å². The van der Waals surface area contributed by atoms with Crippen LogP contribution in [-0.2, 0) is 0 Å². The van der Waals surface area contributed by atoms with Gasteiger partial charge in [-0.05, 0) is 37.8 Å². The molecule has 2 amide bonds. The number of carbonyl (C=O) groups is 1. The summed E-state index contributed by atoms with van der Waals surface area (Å²) in [5.41, 5.74) is 0.550. The number of nitrogens with one attached hydrogen (secondary N) is 2. The Hall–Kier alpha value is -1.79. The maximum absolute atomic E-state index is 12.5. The minimum absolute atomic E-state index is 0.0708. The van der Waals surface area contributed by atoms with E-state index in [1.165, 1.54) is 6.20 Å². The van der Waals surface area contributed by atoms with Gasteiger partial charge in [0, 0.05) is 12.2 Å². The molecule has 4 nitrogen and oxygen atoms in total. The molecule has 1 aliphatic rings. The fraction of sp³-hybridized carbons (Fsp3) is 0.538. The molecule has 0 radical (unpaired) electrons. The molecule has 0 aromatic carbocycles. The van der Waals surface area contributed by atoms with Crippen molar-refractivity contribution in [3.8, 4) is 0 Å². The van der Waals surface area contributed by atoms with Crippen molar-refractivity contribution in [2.24, 2.45) is 5.92 Å². The number of hydrogen-bond acceptors (Lipinski definition) is 2. The zero-order valence-corrected chi connectivity index (χ0v) is 10.8. The molecule has 0 spiro atoms. The maximum atomic E-state index is 12.5. The van der Waals surface area contributed by atoms with Gasteiger partial charge in [-0.1, -0.05) is 0 Å². The first-order chi connectivity index (χ1) is 9.45. The molecule has 110 valence electrons. The summed E-state index contributed by atoms with van der Waals surface area (Å²) in [6.45, 7) is 0. The van der Waals surface area contributed by atoms with E-state index < -0.39 is 18.1 Å². The number of urea groups is 1. The topological polar surface area (TPSA) is 54.0 Å². The SMILES string of the molecule is O=C(Nc1cccnc1)NC1CCC(C(F)(F)F)CC1. The number of nitrogens with zero attached hydrogens (tertiary/aromatic N) is 1. The van der Waals surface area contributed by atoms with Crippen molar-refractivity contribution in [3.05, 3.63) is 24.5 Å². The highest BCUT2D eigenvalue weighted by molar-refractivity contribution is 5.89. The van der Waals surface area contributed by atoms with Gasteiger partial charge in [0.1, 0.15) is 0 Å². The van der Waals surface area contributed by atoms with Crippen molar-refractivity contribution in [1.29, 1.82) is 0 Å². The van der Waals surface area contributed by atoms with Gasteiger partial charge in [0.15, 0.2) is 0 Å². The van der Waals surface area contributed by atoms with E-state index >= 15 is 0 Å². The molecule has 20 heavy (non-hydrogen) atoms. The summed E-state index contributed by atoms with van der Waals surface area (Å²) in [5, 5.41) is 5.29. The van der Waals surface area contributed by atoms with Gasteiger partial charge in [-0.3, -0.25) is 4.98 Å². The third-order valence-electron chi connectivity index (χ3n) is 3.44. The molecule has 2 N–H and O–H groups in total. The third kappa shape index (κ3) is 4.11. The lowest BCUT2D eigenvalue weighted by Gasteiger charge is -2.30. The van der Waals surface area contributed by atoms with E-state index in [4.69, 9.17) is 0 Å². The number of alkyl halides is 3.